The van der Waals surface area contributed by atoms with Gasteiger partial charge in [-0.3, -0.25) is 0 Å². The lowest BCUT2D eigenvalue weighted by molar-refractivity contribution is 0.0579. The normalized spacial score (nSPS) is 17.9. The van der Waals surface area contributed by atoms with E-state index in [2.05, 4.69) is 0 Å². The maximum Gasteiger partial charge on any atom is 0.155 e. The summed E-state index contributed by atoms with van der Waals surface area (Å²) in [6, 6.07) is 0. The third-order valence-corrected chi connectivity index (χ3v) is 4.82. The summed E-state index contributed by atoms with van der Waals surface area (Å²) in [6.45, 7) is 8.97. The summed E-state index contributed by atoms with van der Waals surface area (Å²) in [5.41, 5.74) is -0.386. The first-order chi connectivity index (χ1) is 6.16. The summed E-state index contributed by atoms with van der Waals surface area (Å²) < 4.78 is 23.3. The number of aliphatic hydroxyl groups excluding tert-OH is 1. The molecule has 0 radical (unpaired) electrons. The first-order valence-corrected chi connectivity index (χ1v) is 6.78. The van der Waals surface area contributed by atoms with E-state index >= 15 is 0 Å². The Morgan fingerprint density at radius 3 is 1.86 bits per heavy atom. The predicted molar refractivity (Wildman–Crippen MR) is 59.0 cm³/mol. The molecule has 14 heavy (non-hydrogen) atoms. The van der Waals surface area contributed by atoms with Crippen LogP contribution in [0.2, 0.25) is 0 Å². The van der Waals surface area contributed by atoms with Crippen LogP contribution in [0.5, 0.6) is 0 Å². The molecule has 0 fully saturated rings. The molecular formula is C10H22O3S. The molecule has 2 atom stereocenters. The van der Waals surface area contributed by atoms with E-state index in [1.54, 1.807) is 13.8 Å². The van der Waals surface area contributed by atoms with Crippen LogP contribution in [-0.4, -0.2) is 30.6 Å². The molecule has 0 aliphatic rings. The van der Waals surface area contributed by atoms with Gasteiger partial charge in [0.25, 0.3) is 0 Å². The highest BCUT2D eigenvalue weighted by Gasteiger charge is 2.36. The molecule has 3 nitrogen and oxygen atoms in total. The number of sulfone groups is 1. The highest BCUT2D eigenvalue weighted by Crippen LogP contribution is 2.27. The third kappa shape index (κ3) is 3.24. The molecule has 1 N–H and O–H groups in total. The second kappa shape index (κ2) is 4.62. The van der Waals surface area contributed by atoms with Crippen molar-refractivity contribution in [2.75, 3.05) is 5.75 Å². The van der Waals surface area contributed by atoms with Gasteiger partial charge in [0.2, 0.25) is 0 Å². The van der Waals surface area contributed by atoms with Crippen molar-refractivity contribution in [3.63, 3.8) is 0 Å². The van der Waals surface area contributed by atoms with Crippen LogP contribution >= 0.6 is 0 Å². The highest BCUT2D eigenvalue weighted by molar-refractivity contribution is 7.92. The maximum absolute atomic E-state index is 11.7. The van der Waals surface area contributed by atoms with E-state index < -0.39 is 21.2 Å². The number of hydrogen-bond acceptors (Lipinski definition) is 3. The summed E-state index contributed by atoms with van der Waals surface area (Å²) in [6.07, 6.45) is -0.327. The van der Waals surface area contributed by atoms with Gasteiger partial charge in [-0.2, -0.15) is 0 Å². The molecule has 0 spiro atoms. The Morgan fingerprint density at radius 2 is 1.64 bits per heavy atom. The topological polar surface area (TPSA) is 54.4 Å². The molecule has 0 amide bonds. The lowest BCUT2D eigenvalue weighted by Gasteiger charge is -2.31. The lowest BCUT2D eigenvalue weighted by Crippen LogP contribution is -2.42. The molecular weight excluding hydrogens is 200 g/mol. The molecule has 4 heteroatoms. The standard InChI is InChI=1S/C10H22O3S/c1-6-8(14(12,13)7-2)9(11)10(3,4)5/h8-9,11H,6-7H2,1-5H3/t8-,9+/m1/s1. The van der Waals surface area contributed by atoms with E-state index in [0.717, 1.165) is 0 Å². The average Bonchev–Trinajstić information content (AvgIpc) is 2.03. The van der Waals surface area contributed by atoms with Crippen LogP contribution in [0.1, 0.15) is 41.0 Å². The summed E-state index contributed by atoms with van der Waals surface area (Å²) in [7, 11) is -3.14. The highest BCUT2D eigenvalue weighted by atomic mass is 32.2. The first-order valence-electron chi connectivity index (χ1n) is 5.06. The first kappa shape index (κ1) is 13.9. The smallest absolute Gasteiger partial charge is 0.155 e. The van der Waals surface area contributed by atoms with Gasteiger partial charge in [0.05, 0.1) is 11.4 Å². The van der Waals surface area contributed by atoms with Crippen LogP contribution in [0.3, 0.4) is 0 Å². The minimum atomic E-state index is -3.14. The summed E-state index contributed by atoms with van der Waals surface area (Å²) >= 11 is 0. The number of rotatable bonds is 4. The lowest BCUT2D eigenvalue weighted by atomic mass is 9.86. The van der Waals surface area contributed by atoms with Gasteiger partial charge in [-0.25, -0.2) is 8.42 Å². The zero-order valence-corrected chi connectivity index (χ0v) is 10.6. The van der Waals surface area contributed by atoms with Crippen LogP contribution in [0.4, 0.5) is 0 Å². The SMILES string of the molecule is CC[C@H]([C@H](O)C(C)(C)C)S(=O)(=O)CC. The average molecular weight is 222 g/mol. The fraction of sp³-hybridized carbons (Fsp3) is 1.00. The van der Waals surface area contributed by atoms with Gasteiger partial charge in [-0.05, 0) is 11.8 Å². The van der Waals surface area contributed by atoms with E-state index in [9.17, 15) is 13.5 Å². The molecule has 0 aliphatic heterocycles. The van der Waals surface area contributed by atoms with Gasteiger partial charge >= 0.3 is 0 Å². The van der Waals surface area contributed by atoms with Crippen molar-refractivity contribution in [1.29, 1.82) is 0 Å². The van der Waals surface area contributed by atoms with Crippen LogP contribution in [-0.2, 0) is 9.84 Å². The van der Waals surface area contributed by atoms with Gasteiger partial charge in [-0.1, -0.05) is 34.6 Å². The molecule has 0 rings (SSSR count). The molecule has 0 aromatic heterocycles. The van der Waals surface area contributed by atoms with Crippen LogP contribution < -0.4 is 0 Å². The van der Waals surface area contributed by atoms with Crippen molar-refractivity contribution in [1.82, 2.24) is 0 Å². The largest absolute Gasteiger partial charge is 0.391 e. The van der Waals surface area contributed by atoms with Crippen molar-refractivity contribution in [2.24, 2.45) is 5.41 Å². The van der Waals surface area contributed by atoms with E-state index in [0.29, 0.717) is 6.42 Å². The van der Waals surface area contributed by atoms with Crippen molar-refractivity contribution < 1.29 is 13.5 Å². The van der Waals surface area contributed by atoms with Gasteiger partial charge in [0.1, 0.15) is 0 Å². The maximum atomic E-state index is 11.7. The Labute approximate surface area is 87.4 Å². The van der Waals surface area contributed by atoms with Crippen LogP contribution in [0, 0.1) is 5.41 Å². The van der Waals surface area contributed by atoms with Gasteiger partial charge < -0.3 is 5.11 Å². The van der Waals surface area contributed by atoms with Crippen molar-refractivity contribution in [3.8, 4) is 0 Å². The van der Waals surface area contributed by atoms with Gasteiger partial charge in [-0.15, -0.1) is 0 Å². The van der Waals surface area contributed by atoms with Crippen LogP contribution in [0.15, 0.2) is 0 Å². The molecule has 0 saturated carbocycles. The monoisotopic (exact) mass is 222 g/mol. The van der Waals surface area contributed by atoms with Crippen LogP contribution in [0.25, 0.3) is 0 Å². The third-order valence-electron chi connectivity index (χ3n) is 2.51. The zero-order chi connectivity index (χ0) is 11.6. The quantitative estimate of drug-likeness (QED) is 0.786. The summed E-state index contributed by atoms with van der Waals surface area (Å²) in [5, 5.41) is 9.30. The Kier molecular flexibility index (Phi) is 4.59. The minimum Gasteiger partial charge on any atom is -0.391 e. The van der Waals surface area contributed by atoms with E-state index in [1.807, 2.05) is 20.8 Å². The summed E-state index contributed by atoms with van der Waals surface area (Å²) in [4.78, 5) is 0. The minimum absolute atomic E-state index is 0.0959. The summed E-state index contributed by atoms with van der Waals surface area (Å²) in [5.74, 6) is 0.0959. The van der Waals surface area contributed by atoms with Crippen molar-refractivity contribution in [3.05, 3.63) is 0 Å². The Balaban J connectivity index is 4.93. The molecule has 0 saturated heterocycles. The molecule has 0 aliphatic carbocycles. The van der Waals surface area contributed by atoms with Gasteiger partial charge in [0, 0.05) is 5.75 Å². The van der Waals surface area contributed by atoms with E-state index in [4.69, 9.17) is 0 Å². The van der Waals surface area contributed by atoms with Crippen molar-refractivity contribution >= 4 is 9.84 Å². The second-order valence-electron chi connectivity index (χ2n) is 4.71. The van der Waals surface area contributed by atoms with Gasteiger partial charge in [0.15, 0.2) is 9.84 Å². The Morgan fingerprint density at radius 1 is 1.21 bits per heavy atom. The second-order valence-corrected chi connectivity index (χ2v) is 7.22. The Hall–Kier alpha value is -0.0900. The molecule has 86 valence electrons. The number of aliphatic hydroxyl groups is 1. The fourth-order valence-electron chi connectivity index (χ4n) is 1.45. The van der Waals surface area contributed by atoms with E-state index in [1.165, 1.54) is 0 Å². The molecule has 0 bridgehead atoms. The number of hydrogen-bond donors (Lipinski definition) is 1. The fourth-order valence-corrected chi connectivity index (χ4v) is 3.18. The molecule has 0 heterocycles. The van der Waals surface area contributed by atoms with E-state index in [-0.39, 0.29) is 11.2 Å². The molecule has 0 aromatic rings. The zero-order valence-electron chi connectivity index (χ0n) is 9.74. The van der Waals surface area contributed by atoms with Crippen molar-refractivity contribution in [2.45, 2.75) is 52.4 Å². The molecule has 0 aromatic carbocycles. The predicted octanol–water partition coefficient (Wildman–Crippen LogP) is 1.61. The molecule has 0 unspecified atom stereocenters. The Bertz CT molecular complexity index is 262.